The molecule has 0 spiro atoms. The van der Waals surface area contributed by atoms with Crippen LogP contribution in [0.5, 0.6) is 0 Å². The molecule has 100 valence electrons. The molecule has 1 heterocycles. The second-order valence-electron chi connectivity index (χ2n) is 4.85. The molecule has 0 amide bonds. The molecule has 18 heavy (non-hydrogen) atoms. The third-order valence-electron chi connectivity index (χ3n) is 3.11. The van der Waals surface area contributed by atoms with Crippen LogP contribution >= 0.6 is 0 Å². The zero-order valence-electron chi connectivity index (χ0n) is 12.0. The number of pyridine rings is 1. The summed E-state index contributed by atoms with van der Waals surface area (Å²) in [4.78, 5) is 16.5. The lowest BCUT2D eigenvalue weighted by atomic mass is 9.99. The van der Waals surface area contributed by atoms with Gasteiger partial charge in [-0.1, -0.05) is 27.7 Å². The summed E-state index contributed by atoms with van der Waals surface area (Å²) in [5.41, 5.74) is 2.49. The Balaban J connectivity index is 3.16. The van der Waals surface area contributed by atoms with Gasteiger partial charge in [-0.05, 0) is 37.3 Å². The van der Waals surface area contributed by atoms with Gasteiger partial charge in [0.2, 0.25) is 0 Å². The van der Waals surface area contributed by atoms with Gasteiger partial charge >= 0.3 is 5.97 Å². The highest BCUT2D eigenvalue weighted by molar-refractivity contribution is 5.90. The van der Waals surface area contributed by atoms with Crippen LogP contribution < -0.4 is 0 Å². The summed E-state index contributed by atoms with van der Waals surface area (Å²) in [6.45, 7) is 10.6. The monoisotopic (exact) mass is 249 g/mol. The van der Waals surface area contributed by atoms with Crippen LogP contribution in [-0.2, 0) is 4.74 Å². The first-order valence-corrected chi connectivity index (χ1v) is 6.69. The van der Waals surface area contributed by atoms with Crippen molar-refractivity contribution in [1.29, 1.82) is 0 Å². The van der Waals surface area contributed by atoms with E-state index in [1.54, 1.807) is 0 Å². The maximum Gasteiger partial charge on any atom is 0.339 e. The van der Waals surface area contributed by atoms with Crippen LogP contribution in [-0.4, -0.2) is 17.6 Å². The molecule has 0 radical (unpaired) electrons. The molecule has 1 atom stereocenters. The molecule has 0 bridgehead atoms. The summed E-state index contributed by atoms with van der Waals surface area (Å²) in [6, 6.07) is 3.79. The molecule has 0 aliphatic rings. The summed E-state index contributed by atoms with van der Waals surface area (Å²) in [7, 11) is 0. The largest absolute Gasteiger partial charge is 0.462 e. The Bertz CT molecular complexity index is 413. The molecular weight excluding hydrogens is 226 g/mol. The van der Waals surface area contributed by atoms with E-state index in [1.807, 2.05) is 32.9 Å². The van der Waals surface area contributed by atoms with Crippen molar-refractivity contribution in [2.24, 2.45) is 0 Å². The summed E-state index contributed by atoms with van der Waals surface area (Å²) < 4.78 is 5.07. The Kier molecular flexibility index (Phi) is 5.32. The predicted octanol–water partition coefficient (Wildman–Crippen LogP) is 3.90. The molecule has 1 aromatic rings. The van der Waals surface area contributed by atoms with E-state index in [4.69, 9.17) is 4.74 Å². The van der Waals surface area contributed by atoms with Gasteiger partial charge in [-0.3, -0.25) is 4.98 Å². The van der Waals surface area contributed by atoms with Crippen molar-refractivity contribution in [3.05, 3.63) is 29.1 Å². The minimum Gasteiger partial charge on any atom is -0.462 e. The molecule has 0 aliphatic carbocycles. The standard InChI is InChI=1S/C15H23NO2/c1-6-11(5)13-9-8-12(15(17)18-7-2)14(16-13)10(3)4/h8-11H,6-7H2,1-5H3. The second-order valence-corrected chi connectivity index (χ2v) is 4.85. The molecule has 0 aliphatic heterocycles. The molecule has 0 saturated carbocycles. The molecule has 1 rings (SSSR count). The van der Waals surface area contributed by atoms with Crippen LogP contribution in [0.25, 0.3) is 0 Å². The van der Waals surface area contributed by atoms with Crippen molar-refractivity contribution in [3.8, 4) is 0 Å². The summed E-state index contributed by atoms with van der Waals surface area (Å²) in [6.07, 6.45) is 1.04. The average molecular weight is 249 g/mol. The van der Waals surface area contributed by atoms with Gasteiger partial charge in [0.15, 0.2) is 0 Å². The number of nitrogens with zero attached hydrogens (tertiary/aromatic N) is 1. The van der Waals surface area contributed by atoms with Gasteiger partial charge in [0.25, 0.3) is 0 Å². The molecular formula is C15H23NO2. The first-order valence-electron chi connectivity index (χ1n) is 6.69. The van der Waals surface area contributed by atoms with E-state index in [0.717, 1.165) is 17.8 Å². The second kappa shape index (κ2) is 6.53. The third-order valence-corrected chi connectivity index (χ3v) is 3.11. The van der Waals surface area contributed by atoms with Crippen molar-refractivity contribution < 1.29 is 9.53 Å². The molecule has 0 N–H and O–H groups in total. The molecule has 0 saturated heterocycles. The number of ether oxygens (including phenoxy) is 1. The van der Waals surface area contributed by atoms with E-state index < -0.39 is 0 Å². The number of aromatic nitrogens is 1. The van der Waals surface area contributed by atoms with Gasteiger partial charge in [0.1, 0.15) is 0 Å². The SMILES string of the molecule is CCOC(=O)c1ccc(C(C)CC)nc1C(C)C. The maximum atomic E-state index is 11.9. The number of carbonyl (C=O) groups excluding carboxylic acids is 1. The Morgan fingerprint density at radius 2 is 1.94 bits per heavy atom. The lowest BCUT2D eigenvalue weighted by molar-refractivity contribution is 0.0524. The molecule has 3 nitrogen and oxygen atoms in total. The normalized spacial score (nSPS) is 12.6. The van der Waals surface area contributed by atoms with E-state index in [0.29, 0.717) is 18.1 Å². The molecule has 0 fully saturated rings. The van der Waals surface area contributed by atoms with Crippen molar-refractivity contribution in [3.63, 3.8) is 0 Å². The maximum absolute atomic E-state index is 11.9. The minimum absolute atomic E-state index is 0.216. The molecule has 3 heteroatoms. The van der Waals surface area contributed by atoms with E-state index in [9.17, 15) is 4.79 Å². The van der Waals surface area contributed by atoms with Crippen LogP contribution in [0.3, 0.4) is 0 Å². The van der Waals surface area contributed by atoms with Crippen molar-refractivity contribution in [1.82, 2.24) is 4.98 Å². The predicted molar refractivity (Wildman–Crippen MR) is 73.0 cm³/mol. The quantitative estimate of drug-likeness (QED) is 0.743. The van der Waals surface area contributed by atoms with Gasteiger partial charge in [-0.15, -0.1) is 0 Å². The van der Waals surface area contributed by atoms with Gasteiger partial charge in [-0.2, -0.15) is 0 Å². The molecule has 1 unspecified atom stereocenters. The Morgan fingerprint density at radius 1 is 1.28 bits per heavy atom. The lowest BCUT2D eigenvalue weighted by Crippen LogP contribution is -2.12. The van der Waals surface area contributed by atoms with Crippen molar-refractivity contribution in [2.75, 3.05) is 6.61 Å². The van der Waals surface area contributed by atoms with Gasteiger partial charge in [0.05, 0.1) is 17.9 Å². The highest BCUT2D eigenvalue weighted by atomic mass is 16.5. The Morgan fingerprint density at radius 3 is 2.44 bits per heavy atom. The Hall–Kier alpha value is -1.38. The van der Waals surface area contributed by atoms with Crippen LogP contribution in [0.15, 0.2) is 12.1 Å². The van der Waals surface area contributed by atoms with Crippen LogP contribution in [0.2, 0.25) is 0 Å². The van der Waals surface area contributed by atoms with Crippen molar-refractivity contribution in [2.45, 2.75) is 52.9 Å². The molecule has 1 aromatic heterocycles. The molecule has 0 aromatic carbocycles. The van der Waals surface area contributed by atoms with E-state index in [1.165, 1.54) is 0 Å². The van der Waals surface area contributed by atoms with Crippen LogP contribution in [0.4, 0.5) is 0 Å². The summed E-state index contributed by atoms with van der Waals surface area (Å²) in [5.74, 6) is 0.358. The minimum atomic E-state index is -0.274. The summed E-state index contributed by atoms with van der Waals surface area (Å²) in [5, 5.41) is 0. The lowest BCUT2D eigenvalue weighted by Gasteiger charge is -2.15. The van der Waals surface area contributed by atoms with Crippen LogP contribution in [0, 0.1) is 0 Å². The van der Waals surface area contributed by atoms with E-state index >= 15 is 0 Å². The number of hydrogen-bond acceptors (Lipinski definition) is 3. The highest BCUT2D eigenvalue weighted by Crippen LogP contribution is 2.23. The zero-order valence-corrected chi connectivity index (χ0v) is 12.0. The van der Waals surface area contributed by atoms with E-state index in [-0.39, 0.29) is 11.9 Å². The van der Waals surface area contributed by atoms with Gasteiger partial charge < -0.3 is 4.74 Å². The Labute approximate surface area is 110 Å². The van der Waals surface area contributed by atoms with E-state index in [2.05, 4.69) is 18.8 Å². The average Bonchev–Trinajstić information content (AvgIpc) is 2.37. The fourth-order valence-corrected chi connectivity index (χ4v) is 1.80. The first-order chi connectivity index (χ1) is 8.51. The number of hydrogen-bond donors (Lipinski definition) is 0. The van der Waals surface area contributed by atoms with Crippen molar-refractivity contribution >= 4 is 5.97 Å². The smallest absolute Gasteiger partial charge is 0.339 e. The van der Waals surface area contributed by atoms with Crippen LogP contribution in [0.1, 0.15) is 74.6 Å². The topological polar surface area (TPSA) is 39.2 Å². The number of carbonyl (C=O) groups is 1. The van der Waals surface area contributed by atoms with Gasteiger partial charge in [0, 0.05) is 5.69 Å². The fraction of sp³-hybridized carbons (Fsp3) is 0.600. The first kappa shape index (κ1) is 14.7. The van der Waals surface area contributed by atoms with Gasteiger partial charge in [-0.25, -0.2) is 4.79 Å². The summed E-state index contributed by atoms with van der Waals surface area (Å²) >= 11 is 0. The highest BCUT2D eigenvalue weighted by Gasteiger charge is 2.18. The third kappa shape index (κ3) is 3.31. The zero-order chi connectivity index (χ0) is 13.7. The number of rotatable bonds is 5. The fourth-order valence-electron chi connectivity index (χ4n) is 1.80. The number of esters is 1.